The van der Waals surface area contributed by atoms with Crippen molar-refractivity contribution in [3.05, 3.63) is 60.6 Å². The van der Waals surface area contributed by atoms with Crippen LogP contribution in [0.4, 0.5) is 5.82 Å². The fourth-order valence-electron chi connectivity index (χ4n) is 3.07. The molecule has 0 saturated carbocycles. The topological polar surface area (TPSA) is 125 Å². The molecule has 0 aliphatic carbocycles. The van der Waals surface area contributed by atoms with Crippen LogP contribution in [0.3, 0.4) is 0 Å². The maximum Gasteiger partial charge on any atom is 0.257 e. The van der Waals surface area contributed by atoms with Gasteiger partial charge < -0.3 is 14.8 Å². The van der Waals surface area contributed by atoms with Gasteiger partial charge in [-0.1, -0.05) is 0 Å². The minimum Gasteiger partial charge on any atom is -0.480 e. The van der Waals surface area contributed by atoms with Crippen LogP contribution in [0.25, 0.3) is 10.9 Å². The molecular formula is C22H21N5O5S. The van der Waals surface area contributed by atoms with E-state index in [1.165, 1.54) is 31.6 Å². The third-order valence-electron chi connectivity index (χ3n) is 4.78. The molecule has 1 amide bonds. The van der Waals surface area contributed by atoms with Gasteiger partial charge in [-0.2, -0.15) is 5.10 Å². The number of methoxy groups -OCH3 is 1. The largest absolute Gasteiger partial charge is 0.480 e. The lowest BCUT2D eigenvalue weighted by atomic mass is 10.1. The normalized spacial score (nSPS) is 11.4. The molecule has 0 fully saturated rings. The maximum atomic E-state index is 12.9. The summed E-state index contributed by atoms with van der Waals surface area (Å²) in [6, 6.07) is 9.32. The van der Waals surface area contributed by atoms with E-state index in [1.807, 2.05) is 13.1 Å². The van der Waals surface area contributed by atoms with Crippen LogP contribution in [0.15, 0.2) is 59.9 Å². The summed E-state index contributed by atoms with van der Waals surface area (Å²) in [6.45, 7) is 2.59. The number of rotatable bonds is 7. The number of carbonyl (C=O) groups is 1. The van der Waals surface area contributed by atoms with Gasteiger partial charge in [-0.25, -0.2) is 18.4 Å². The molecule has 0 aliphatic heterocycles. The van der Waals surface area contributed by atoms with Crippen LogP contribution >= 0.6 is 0 Å². The molecule has 0 radical (unpaired) electrons. The SMILES string of the molecule is CCn1cc2c(Oc3ccc(S(C)(=O)=O)cc3)cc(C(=O)Nc3cnc(OC)cn3)cc2n1. The highest BCUT2D eigenvalue weighted by molar-refractivity contribution is 7.90. The van der Waals surface area contributed by atoms with Crippen LogP contribution < -0.4 is 14.8 Å². The van der Waals surface area contributed by atoms with E-state index in [-0.39, 0.29) is 10.7 Å². The van der Waals surface area contributed by atoms with Crippen LogP contribution in [-0.2, 0) is 16.4 Å². The van der Waals surface area contributed by atoms with Crippen molar-refractivity contribution in [1.82, 2.24) is 19.7 Å². The first-order chi connectivity index (χ1) is 15.8. The molecule has 170 valence electrons. The third kappa shape index (κ3) is 4.93. The van der Waals surface area contributed by atoms with E-state index in [0.717, 1.165) is 6.26 Å². The van der Waals surface area contributed by atoms with Crippen LogP contribution in [0.5, 0.6) is 17.4 Å². The number of nitrogens with one attached hydrogen (secondary N) is 1. The molecule has 0 saturated heterocycles. The van der Waals surface area contributed by atoms with Gasteiger partial charge in [0.1, 0.15) is 11.5 Å². The Morgan fingerprint density at radius 1 is 1.12 bits per heavy atom. The molecule has 33 heavy (non-hydrogen) atoms. The number of nitrogens with zero attached hydrogens (tertiary/aromatic N) is 4. The first kappa shape index (κ1) is 22.2. The van der Waals surface area contributed by atoms with Crippen molar-refractivity contribution in [2.24, 2.45) is 0 Å². The molecule has 0 atom stereocenters. The first-order valence-electron chi connectivity index (χ1n) is 9.93. The van der Waals surface area contributed by atoms with Crippen LogP contribution in [-0.4, -0.2) is 47.4 Å². The zero-order valence-electron chi connectivity index (χ0n) is 18.1. The van der Waals surface area contributed by atoms with Crippen LogP contribution in [0.1, 0.15) is 17.3 Å². The molecule has 2 aromatic heterocycles. The van der Waals surface area contributed by atoms with Crippen molar-refractivity contribution < 1.29 is 22.7 Å². The minimum atomic E-state index is -3.32. The number of hydrogen-bond acceptors (Lipinski definition) is 8. The third-order valence-corrected chi connectivity index (χ3v) is 5.91. The Labute approximate surface area is 190 Å². The summed E-state index contributed by atoms with van der Waals surface area (Å²) in [5, 5.41) is 7.88. The number of benzene rings is 2. The summed E-state index contributed by atoms with van der Waals surface area (Å²) in [6.07, 6.45) is 5.76. The Kier molecular flexibility index (Phi) is 5.97. The molecule has 0 spiro atoms. The molecule has 4 rings (SSSR count). The lowest BCUT2D eigenvalue weighted by molar-refractivity contribution is 0.102. The van der Waals surface area contributed by atoms with Gasteiger partial charge in [-0.05, 0) is 43.3 Å². The summed E-state index contributed by atoms with van der Waals surface area (Å²) < 4.78 is 36.1. The Hall–Kier alpha value is -3.99. The Bertz CT molecular complexity index is 1410. The zero-order valence-corrected chi connectivity index (χ0v) is 19.0. The molecule has 0 unspecified atom stereocenters. The fourth-order valence-corrected chi connectivity index (χ4v) is 3.71. The maximum absolute atomic E-state index is 12.9. The van der Waals surface area contributed by atoms with Crippen molar-refractivity contribution >= 4 is 32.5 Å². The first-order valence-corrected chi connectivity index (χ1v) is 11.8. The average Bonchev–Trinajstić information content (AvgIpc) is 3.23. The van der Waals surface area contributed by atoms with Crippen molar-refractivity contribution in [2.75, 3.05) is 18.7 Å². The summed E-state index contributed by atoms with van der Waals surface area (Å²) in [4.78, 5) is 21.2. The number of amides is 1. The second-order valence-electron chi connectivity index (χ2n) is 7.14. The number of sulfone groups is 1. The number of aromatic nitrogens is 4. The van der Waals surface area contributed by atoms with Gasteiger partial charge in [-0.3, -0.25) is 9.48 Å². The van der Waals surface area contributed by atoms with Gasteiger partial charge in [-0.15, -0.1) is 0 Å². The summed E-state index contributed by atoms with van der Waals surface area (Å²) in [5.74, 6) is 1.01. The minimum absolute atomic E-state index is 0.188. The number of carbonyl (C=O) groups excluding carboxylic acids is 1. The van der Waals surface area contributed by atoms with Crippen LogP contribution in [0.2, 0.25) is 0 Å². The molecular weight excluding hydrogens is 446 g/mol. The number of ether oxygens (including phenoxy) is 2. The van der Waals surface area contributed by atoms with Gasteiger partial charge in [0.05, 0.1) is 35.3 Å². The van der Waals surface area contributed by atoms with Gasteiger partial charge in [0, 0.05) is 24.6 Å². The van der Waals surface area contributed by atoms with E-state index in [4.69, 9.17) is 9.47 Å². The van der Waals surface area contributed by atoms with E-state index in [9.17, 15) is 13.2 Å². The van der Waals surface area contributed by atoms with E-state index < -0.39 is 15.7 Å². The molecule has 0 aliphatic rings. The molecule has 0 bridgehead atoms. The quantitative estimate of drug-likeness (QED) is 0.439. The van der Waals surface area contributed by atoms with Crippen molar-refractivity contribution in [2.45, 2.75) is 18.4 Å². The summed E-state index contributed by atoms with van der Waals surface area (Å²) in [7, 11) is -1.84. The second kappa shape index (κ2) is 8.87. The lowest BCUT2D eigenvalue weighted by Gasteiger charge is -2.10. The Morgan fingerprint density at radius 3 is 2.48 bits per heavy atom. The molecule has 4 aromatic rings. The fraction of sp³-hybridized carbons (Fsp3) is 0.182. The van der Waals surface area contributed by atoms with E-state index in [0.29, 0.717) is 40.4 Å². The van der Waals surface area contributed by atoms with Crippen molar-refractivity contribution in [1.29, 1.82) is 0 Å². The molecule has 2 aromatic carbocycles. The lowest BCUT2D eigenvalue weighted by Crippen LogP contribution is -2.13. The highest BCUT2D eigenvalue weighted by atomic mass is 32.2. The van der Waals surface area contributed by atoms with E-state index in [1.54, 1.807) is 28.9 Å². The van der Waals surface area contributed by atoms with E-state index in [2.05, 4.69) is 20.4 Å². The molecule has 1 N–H and O–H groups in total. The number of anilines is 1. The Balaban J connectivity index is 1.67. The van der Waals surface area contributed by atoms with Crippen molar-refractivity contribution in [3.63, 3.8) is 0 Å². The summed E-state index contributed by atoms with van der Waals surface area (Å²) in [5.41, 5.74) is 0.886. The molecule has 10 nitrogen and oxygen atoms in total. The summed E-state index contributed by atoms with van der Waals surface area (Å²) >= 11 is 0. The number of aryl methyl sites for hydroxylation is 1. The highest BCUT2D eigenvalue weighted by Crippen LogP contribution is 2.32. The van der Waals surface area contributed by atoms with Gasteiger partial charge in [0.25, 0.3) is 5.91 Å². The predicted octanol–water partition coefficient (Wildman–Crippen LogP) is 3.30. The van der Waals surface area contributed by atoms with Gasteiger partial charge in [0.15, 0.2) is 15.7 Å². The number of hydrogen-bond donors (Lipinski definition) is 1. The zero-order chi connectivity index (χ0) is 23.6. The monoisotopic (exact) mass is 467 g/mol. The van der Waals surface area contributed by atoms with Crippen molar-refractivity contribution in [3.8, 4) is 17.4 Å². The Morgan fingerprint density at radius 2 is 1.88 bits per heavy atom. The van der Waals surface area contributed by atoms with Gasteiger partial charge in [0.2, 0.25) is 5.88 Å². The van der Waals surface area contributed by atoms with Crippen LogP contribution in [0, 0.1) is 0 Å². The predicted molar refractivity (Wildman–Crippen MR) is 122 cm³/mol. The average molecular weight is 468 g/mol. The smallest absolute Gasteiger partial charge is 0.257 e. The molecule has 11 heteroatoms. The second-order valence-corrected chi connectivity index (χ2v) is 9.15. The highest BCUT2D eigenvalue weighted by Gasteiger charge is 2.16. The van der Waals surface area contributed by atoms with Gasteiger partial charge >= 0.3 is 0 Å². The number of fused-ring (bicyclic) bond motifs is 1. The van der Waals surface area contributed by atoms with E-state index >= 15 is 0 Å². The molecule has 2 heterocycles. The standard InChI is InChI=1S/C22H21N5O5S/c1-4-27-13-17-18(26-27)9-14(22(28)25-20-11-24-21(31-2)12-23-20)10-19(17)32-15-5-7-16(8-6-15)33(3,29)30/h5-13H,4H2,1-3H3,(H,23,25,28).